The Hall–Kier alpha value is -2.08. The molecule has 4 rings (SSSR count). The van der Waals surface area contributed by atoms with Crippen LogP contribution in [0.25, 0.3) is 11.1 Å². The maximum absolute atomic E-state index is 12.6. The fourth-order valence-electron chi connectivity index (χ4n) is 3.82. The van der Waals surface area contributed by atoms with Gasteiger partial charge in [-0.15, -0.1) is 0 Å². The van der Waals surface area contributed by atoms with Gasteiger partial charge < -0.3 is 15.5 Å². The van der Waals surface area contributed by atoms with E-state index in [1.165, 1.54) is 6.42 Å². The molecule has 0 saturated heterocycles. The van der Waals surface area contributed by atoms with E-state index in [-0.39, 0.29) is 23.4 Å². The molecule has 3 N–H and O–H groups in total. The van der Waals surface area contributed by atoms with Gasteiger partial charge in [-0.1, -0.05) is 6.42 Å². The number of aryl methyl sites for hydroxylation is 1. The van der Waals surface area contributed by atoms with Gasteiger partial charge >= 0.3 is 0 Å². The van der Waals surface area contributed by atoms with Crippen molar-refractivity contribution in [2.75, 3.05) is 0 Å². The summed E-state index contributed by atoms with van der Waals surface area (Å²) in [5.74, 6) is 0.190. The molecule has 2 fully saturated rings. The molecule has 22 heavy (non-hydrogen) atoms. The molecule has 0 aromatic carbocycles. The number of amides is 1. The standard InChI is InChI=1S/C16H20N4O2/c1-20-9-10(8-18-20)11-3-6-22-14(11)15(21)19-13-7-12(17)16(13)4-2-5-16/h3,6,8-9,12-13H,2,4-5,7,17H2,1H3,(H,19,21). The monoisotopic (exact) mass is 300 g/mol. The molecule has 2 aliphatic rings. The van der Waals surface area contributed by atoms with Crippen LogP contribution in [-0.4, -0.2) is 27.8 Å². The number of nitrogens with zero attached hydrogens (tertiary/aromatic N) is 2. The number of carbonyl (C=O) groups is 1. The van der Waals surface area contributed by atoms with Crippen LogP contribution in [0.15, 0.2) is 29.1 Å². The molecule has 0 aliphatic heterocycles. The van der Waals surface area contributed by atoms with E-state index in [9.17, 15) is 4.79 Å². The molecule has 6 nitrogen and oxygen atoms in total. The summed E-state index contributed by atoms with van der Waals surface area (Å²) in [6.07, 6.45) is 9.45. The van der Waals surface area contributed by atoms with Crippen LogP contribution < -0.4 is 11.1 Å². The number of furan rings is 1. The Balaban J connectivity index is 1.53. The second kappa shape index (κ2) is 4.71. The van der Waals surface area contributed by atoms with Crippen molar-refractivity contribution >= 4 is 5.91 Å². The molecule has 0 bridgehead atoms. The highest BCUT2D eigenvalue weighted by atomic mass is 16.3. The number of rotatable bonds is 3. The van der Waals surface area contributed by atoms with E-state index in [0.29, 0.717) is 5.76 Å². The van der Waals surface area contributed by atoms with Gasteiger partial charge in [0.15, 0.2) is 5.76 Å². The lowest BCUT2D eigenvalue weighted by molar-refractivity contribution is -0.0392. The number of nitrogens with one attached hydrogen (secondary N) is 1. The van der Waals surface area contributed by atoms with Crippen LogP contribution in [0.2, 0.25) is 0 Å². The molecule has 2 atom stereocenters. The van der Waals surface area contributed by atoms with Crippen molar-refractivity contribution < 1.29 is 9.21 Å². The zero-order chi connectivity index (χ0) is 15.3. The highest BCUT2D eigenvalue weighted by molar-refractivity contribution is 5.98. The topological polar surface area (TPSA) is 86.1 Å². The Labute approximate surface area is 128 Å². The minimum absolute atomic E-state index is 0.136. The number of nitrogens with two attached hydrogens (primary N) is 1. The highest BCUT2D eigenvalue weighted by Gasteiger charge is 2.57. The molecule has 1 spiro atoms. The van der Waals surface area contributed by atoms with Crippen molar-refractivity contribution in [3.05, 3.63) is 30.5 Å². The van der Waals surface area contributed by atoms with Crippen molar-refractivity contribution in [3.63, 3.8) is 0 Å². The zero-order valence-corrected chi connectivity index (χ0v) is 12.6. The molecular formula is C16H20N4O2. The first-order valence-corrected chi connectivity index (χ1v) is 7.73. The minimum atomic E-state index is -0.160. The summed E-state index contributed by atoms with van der Waals surface area (Å²) in [6, 6.07) is 2.20. The van der Waals surface area contributed by atoms with Crippen molar-refractivity contribution in [2.45, 2.75) is 37.8 Å². The molecular weight excluding hydrogens is 280 g/mol. The molecule has 6 heteroatoms. The average Bonchev–Trinajstić information content (AvgIpc) is 3.03. The summed E-state index contributed by atoms with van der Waals surface area (Å²) in [7, 11) is 1.85. The summed E-state index contributed by atoms with van der Waals surface area (Å²) in [4.78, 5) is 12.6. The average molecular weight is 300 g/mol. The molecule has 2 saturated carbocycles. The van der Waals surface area contributed by atoms with E-state index in [1.807, 2.05) is 13.2 Å². The van der Waals surface area contributed by atoms with Gasteiger partial charge in [-0.3, -0.25) is 9.48 Å². The SMILES string of the molecule is Cn1cc(-c2ccoc2C(=O)NC2CC(N)C23CCC3)cn1. The summed E-state index contributed by atoms with van der Waals surface area (Å²) < 4.78 is 7.13. The molecule has 2 aromatic heterocycles. The quantitative estimate of drug-likeness (QED) is 0.903. The highest BCUT2D eigenvalue weighted by Crippen LogP contribution is 2.55. The molecule has 2 aliphatic carbocycles. The summed E-state index contributed by atoms with van der Waals surface area (Å²) >= 11 is 0. The first-order chi connectivity index (χ1) is 10.6. The second-order valence-corrected chi connectivity index (χ2v) is 6.52. The van der Waals surface area contributed by atoms with E-state index in [4.69, 9.17) is 10.2 Å². The fraction of sp³-hybridized carbons (Fsp3) is 0.500. The largest absolute Gasteiger partial charge is 0.459 e. The molecule has 2 heterocycles. The van der Waals surface area contributed by atoms with Gasteiger partial charge in [0.2, 0.25) is 0 Å². The Kier molecular flexibility index (Phi) is 2.91. The van der Waals surface area contributed by atoms with Gasteiger partial charge in [-0.25, -0.2) is 0 Å². The lowest BCUT2D eigenvalue weighted by Crippen LogP contribution is -2.69. The van der Waals surface area contributed by atoms with Gasteiger partial charge in [-0.2, -0.15) is 5.10 Å². The van der Waals surface area contributed by atoms with Gasteiger partial charge in [0, 0.05) is 41.9 Å². The van der Waals surface area contributed by atoms with Crippen molar-refractivity contribution in [2.24, 2.45) is 18.2 Å². The fourth-order valence-corrected chi connectivity index (χ4v) is 3.82. The Morgan fingerprint density at radius 3 is 2.95 bits per heavy atom. The molecule has 0 radical (unpaired) electrons. The van der Waals surface area contributed by atoms with E-state index in [0.717, 1.165) is 30.4 Å². The maximum atomic E-state index is 12.6. The first kappa shape index (κ1) is 13.6. The predicted molar refractivity (Wildman–Crippen MR) is 81.0 cm³/mol. The van der Waals surface area contributed by atoms with Crippen LogP contribution in [-0.2, 0) is 7.05 Å². The Bertz CT molecular complexity index is 713. The number of carbonyl (C=O) groups excluding carboxylic acids is 1. The third kappa shape index (κ3) is 1.83. The third-order valence-corrected chi connectivity index (χ3v) is 5.40. The maximum Gasteiger partial charge on any atom is 0.287 e. The van der Waals surface area contributed by atoms with Crippen LogP contribution in [0.1, 0.15) is 36.2 Å². The van der Waals surface area contributed by atoms with Crippen molar-refractivity contribution in [3.8, 4) is 11.1 Å². The lowest BCUT2D eigenvalue weighted by atomic mass is 9.50. The number of hydrogen-bond donors (Lipinski definition) is 2. The van der Waals surface area contributed by atoms with E-state index in [1.54, 1.807) is 23.2 Å². The predicted octanol–water partition coefficient (Wildman–Crippen LogP) is 1.68. The zero-order valence-electron chi connectivity index (χ0n) is 12.6. The summed E-state index contributed by atoms with van der Waals surface area (Å²) in [5, 5.41) is 7.26. The van der Waals surface area contributed by atoms with Gasteiger partial charge in [0.25, 0.3) is 5.91 Å². The normalized spacial score (nSPS) is 25.5. The minimum Gasteiger partial charge on any atom is -0.459 e. The van der Waals surface area contributed by atoms with Gasteiger partial charge in [-0.05, 0) is 25.3 Å². The molecule has 116 valence electrons. The van der Waals surface area contributed by atoms with Crippen molar-refractivity contribution in [1.82, 2.24) is 15.1 Å². The lowest BCUT2D eigenvalue weighted by Gasteiger charge is -2.60. The van der Waals surface area contributed by atoms with E-state index in [2.05, 4.69) is 10.4 Å². The smallest absolute Gasteiger partial charge is 0.287 e. The summed E-state index contributed by atoms with van der Waals surface area (Å²) in [5.41, 5.74) is 7.93. The first-order valence-electron chi connectivity index (χ1n) is 7.73. The van der Waals surface area contributed by atoms with Crippen LogP contribution in [0.4, 0.5) is 0 Å². The van der Waals surface area contributed by atoms with Crippen LogP contribution >= 0.6 is 0 Å². The molecule has 2 aromatic rings. The third-order valence-electron chi connectivity index (χ3n) is 5.40. The van der Waals surface area contributed by atoms with Gasteiger partial charge in [0.05, 0.1) is 12.5 Å². The van der Waals surface area contributed by atoms with Crippen LogP contribution in [0.3, 0.4) is 0 Å². The molecule has 1 amide bonds. The van der Waals surface area contributed by atoms with Gasteiger partial charge in [0.1, 0.15) is 0 Å². The van der Waals surface area contributed by atoms with Crippen LogP contribution in [0, 0.1) is 5.41 Å². The molecule has 2 unspecified atom stereocenters. The van der Waals surface area contributed by atoms with Crippen molar-refractivity contribution in [1.29, 1.82) is 0 Å². The summed E-state index contributed by atoms with van der Waals surface area (Å²) in [6.45, 7) is 0. The van der Waals surface area contributed by atoms with E-state index < -0.39 is 0 Å². The Morgan fingerprint density at radius 1 is 1.55 bits per heavy atom. The van der Waals surface area contributed by atoms with Crippen LogP contribution in [0.5, 0.6) is 0 Å². The second-order valence-electron chi connectivity index (χ2n) is 6.52. The van der Waals surface area contributed by atoms with E-state index >= 15 is 0 Å². The Morgan fingerprint density at radius 2 is 2.36 bits per heavy atom. The number of hydrogen-bond acceptors (Lipinski definition) is 4. The number of aromatic nitrogens is 2.